The number of fused-ring (bicyclic) bond motifs is 1. The standard InChI is InChI=1S/C19H17N3O2.C4H10/c1-2-14-5-3-6-15(11-14)22-19-17-8-7-16(24-10-4-9-23)12-18(17)20-13-21-19;1-4(2)3/h1,3,5-8,11-13,23H,4,9-10H2,(H,20,21,22);4H,1-3H3. The second-order valence-electron chi connectivity index (χ2n) is 6.91. The summed E-state index contributed by atoms with van der Waals surface area (Å²) in [7, 11) is 0. The van der Waals surface area contributed by atoms with Crippen LogP contribution in [0.25, 0.3) is 10.9 Å². The molecule has 0 unspecified atom stereocenters. The Labute approximate surface area is 166 Å². The Morgan fingerprint density at radius 2 is 1.93 bits per heavy atom. The molecule has 3 rings (SSSR count). The van der Waals surface area contributed by atoms with Crippen LogP contribution in [0.2, 0.25) is 0 Å². The van der Waals surface area contributed by atoms with E-state index in [1.54, 1.807) is 0 Å². The van der Waals surface area contributed by atoms with Gasteiger partial charge in [-0.2, -0.15) is 0 Å². The average molecular weight is 377 g/mol. The molecule has 2 aromatic carbocycles. The van der Waals surface area contributed by atoms with Gasteiger partial charge in [0, 0.05) is 35.7 Å². The number of ether oxygens (including phenoxy) is 1. The Hall–Kier alpha value is -3.10. The summed E-state index contributed by atoms with van der Waals surface area (Å²) in [6.45, 7) is 7.08. The van der Waals surface area contributed by atoms with Crippen LogP contribution < -0.4 is 10.1 Å². The molecular weight excluding hydrogens is 350 g/mol. The zero-order chi connectivity index (χ0) is 20.4. The van der Waals surface area contributed by atoms with Gasteiger partial charge in [0.1, 0.15) is 17.9 Å². The molecule has 0 aliphatic heterocycles. The van der Waals surface area contributed by atoms with Crippen molar-refractivity contribution in [1.29, 1.82) is 0 Å². The van der Waals surface area contributed by atoms with Gasteiger partial charge in [0.25, 0.3) is 0 Å². The molecule has 28 heavy (non-hydrogen) atoms. The third-order valence-electron chi connectivity index (χ3n) is 3.47. The molecule has 0 fully saturated rings. The van der Waals surface area contributed by atoms with Crippen molar-refractivity contribution in [2.45, 2.75) is 27.2 Å². The SMILES string of the molecule is C#Cc1cccc(Nc2ncnc3cc(OCCCO)ccc23)c1.CC(C)C. The Bertz CT molecular complexity index is 930. The van der Waals surface area contributed by atoms with E-state index in [9.17, 15) is 0 Å². The molecule has 0 bridgehead atoms. The molecule has 1 heterocycles. The zero-order valence-corrected chi connectivity index (χ0v) is 16.6. The number of rotatable bonds is 6. The lowest BCUT2D eigenvalue weighted by atomic mass is 10.2. The molecule has 3 aromatic rings. The largest absolute Gasteiger partial charge is 0.493 e. The number of aliphatic hydroxyl groups excluding tert-OH is 1. The first-order valence-corrected chi connectivity index (χ1v) is 9.35. The van der Waals surface area contributed by atoms with Gasteiger partial charge in [0.2, 0.25) is 0 Å². The van der Waals surface area contributed by atoms with E-state index in [4.69, 9.17) is 16.3 Å². The van der Waals surface area contributed by atoms with Crippen molar-refractivity contribution in [3.8, 4) is 18.1 Å². The summed E-state index contributed by atoms with van der Waals surface area (Å²) in [4.78, 5) is 8.61. The number of aliphatic hydroxyl groups is 1. The van der Waals surface area contributed by atoms with Crippen LogP contribution in [0.1, 0.15) is 32.8 Å². The lowest BCUT2D eigenvalue weighted by Gasteiger charge is -2.10. The zero-order valence-electron chi connectivity index (χ0n) is 16.6. The number of nitrogens with one attached hydrogen (secondary N) is 1. The molecular formula is C23H27N3O2. The smallest absolute Gasteiger partial charge is 0.141 e. The monoisotopic (exact) mass is 377 g/mol. The molecule has 2 N–H and O–H groups in total. The van der Waals surface area contributed by atoms with Gasteiger partial charge in [0.15, 0.2) is 0 Å². The van der Waals surface area contributed by atoms with Gasteiger partial charge >= 0.3 is 0 Å². The molecule has 0 radical (unpaired) electrons. The van der Waals surface area contributed by atoms with Gasteiger partial charge in [0.05, 0.1) is 12.1 Å². The van der Waals surface area contributed by atoms with E-state index in [-0.39, 0.29) is 6.61 Å². The summed E-state index contributed by atoms with van der Waals surface area (Å²) in [6.07, 6.45) is 7.54. The third kappa shape index (κ3) is 6.57. The maximum absolute atomic E-state index is 8.81. The van der Waals surface area contributed by atoms with E-state index in [1.807, 2.05) is 42.5 Å². The van der Waals surface area contributed by atoms with Crippen molar-refractivity contribution in [2.24, 2.45) is 5.92 Å². The van der Waals surface area contributed by atoms with Crippen LogP contribution in [0.5, 0.6) is 5.75 Å². The van der Waals surface area contributed by atoms with E-state index in [0.29, 0.717) is 18.8 Å². The number of anilines is 2. The van der Waals surface area contributed by atoms with Crippen molar-refractivity contribution >= 4 is 22.4 Å². The molecule has 0 saturated heterocycles. The number of hydrogen-bond acceptors (Lipinski definition) is 5. The first-order valence-electron chi connectivity index (χ1n) is 9.35. The van der Waals surface area contributed by atoms with Gasteiger partial charge in [-0.15, -0.1) is 6.42 Å². The van der Waals surface area contributed by atoms with Crippen LogP contribution in [-0.2, 0) is 0 Å². The Morgan fingerprint density at radius 1 is 1.14 bits per heavy atom. The van der Waals surface area contributed by atoms with Crippen LogP contribution in [0.15, 0.2) is 48.8 Å². The fourth-order valence-corrected chi connectivity index (χ4v) is 2.30. The number of nitrogens with zero attached hydrogens (tertiary/aromatic N) is 2. The van der Waals surface area contributed by atoms with E-state index in [2.05, 4.69) is 42.0 Å². The van der Waals surface area contributed by atoms with Gasteiger partial charge < -0.3 is 15.2 Å². The lowest BCUT2D eigenvalue weighted by molar-refractivity contribution is 0.233. The molecule has 146 valence electrons. The van der Waals surface area contributed by atoms with Crippen LogP contribution in [-0.4, -0.2) is 28.3 Å². The number of benzene rings is 2. The Balaban J connectivity index is 0.000000640. The topological polar surface area (TPSA) is 67.3 Å². The Morgan fingerprint density at radius 3 is 2.64 bits per heavy atom. The summed E-state index contributed by atoms with van der Waals surface area (Å²) in [5.41, 5.74) is 2.45. The lowest BCUT2D eigenvalue weighted by Crippen LogP contribution is -2.00. The summed E-state index contributed by atoms with van der Waals surface area (Å²) in [5.74, 6) is 4.87. The van der Waals surface area contributed by atoms with Gasteiger partial charge in [-0.3, -0.25) is 0 Å². The van der Waals surface area contributed by atoms with Crippen molar-refractivity contribution < 1.29 is 9.84 Å². The molecule has 5 nitrogen and oxygen atoms in total. The highest BCUT2D eigenvalue weighted by atomic mass is 16.5. The number of aromatic nitrogens is 2. The molecule has 0 amide bonds. The molecule has 0 saturated carbocycles. The van der Waals surface area contributed by atoms with E-state index in [0.717, 1.165) is 33.8 Å². The van der Waals surface area contributed by atoms with Crippen LogP contribution in [0.3, 0.4) is 0 Å². The fourth-order valence-electron chi connectivity index (χ4n) is 2.30. The number of hydrogen-bond donors (Lipinski definition) is 2. The van der Waals surface area contributed by atoms with Crippen molar-refractivity contribution in [1.82, 2.24) is 9.97 Å². The Kier molecular flexibility index (Phi) is 8.26. The van der Waals surface area contributed by atoms with E-state index >= 15 is 0 Å². The van der Waals surface area contributed by atoms with E-state index < -0.39 is 0 Å². The molecule has 0 aliphatic carbocycles. The highest BCUT2D eigenvalue weighted by Crippen LogP contribution is 2.26. The number of terminal acetylenes is 1. The molecule has 1 aromatic heterocycles. The second-order valence-corrected chi connectivity index (χ2v) is 6.91. The van der Waals surface area contributed by atoms with Gasteiger partial charge in [-0.25, -0.2) is 9.97 Å². The van der Waals surface area contributed by atoms with Crippen LogP contribution in [0.4, 0.5) is 11.5 Å². The van der Waals surface area contributed by atoms with E-state index in [1.165, 1.54) is 6.33 Å². The summed E-state index contributed by atoms with van der Waals surface area (Å²) in [6, 6.07) is 13.2. The quantitative estimate of drug-likeness (QED) is 0.478. The van der Waals surface area contributed by atoms with Crippen LogP contribution in [0, 0.1) is 18.3 Å². The third-order valence-corrected chi connectivity index (χ3v) is 3.47. The highest BCUT2D eigenvalue weighted by Gasteiger charge is 2.06. The minimum Gasteiger partial charge on any atom is -0.493 e. The maximum Gasteiger partial charge on any atom is 0.141 e. The van der Waals surface area contributed by atoms with Crippen molar-refractivity contribution in [2.75, 3.05) is 18.5 Å². The molecule has 0 aliphatic rings. The predicted molar refractivity (Wildman–Crippen MR) is 115 cm³/mol. The average Bonchev–Trinajstić information content (AvgIpc) is 2.68. The second kappa shape index (κ2) is 10.9. The molecule has 0 spiro atoms. The van der Waals surface area contributed by atoms with Gasteiger partial charge in [-0.05, 0) is 36.2 Å². The predicted octanol–water partition coefficient (Wildman–Crippen LogP) is 4.78. The van der Waals surface area contributed by atoms with Crippen LogP contribution >= 0.6 is 0 Å². The molecule has 5 heteroatoms. The minimum absolute atomic E-state index is 0.112. The molecule has 0 atom stereocenters. The summed E-state index contributed by atoms with van der Waals surface area (Å²) in [5, 5.41) is 13.0. The van der Waals surface area contributed by atoms with Gasteiger partial charge in [-0.1, -0.05) is 32.8 Å². The first-order chi connectivity index (χ1) is 13.5. The highest BCUT2D eigenvalue weighted by molar-refractivity contribution is 5.91. The summed E-state index contributed by atoms with van der Waals surface area (Å²) >= 11 is 0. The summed E-state index contributed by atoms with van der Waals surface area (Å²) < 4.78 is 5.58. The van der Waals surface area contributed by atoms with Crippen molar-refractivity contribution in [3.05, 3.63) is 54.4 Å². The fraction of sp³-hybridized carbons (Fsp3) is 0.304. The minimum atomic E-state index is 0.112. The first kappa shape index (κ1) is 21.2. The normalized spacial score (nSPS) is 10.1. The van der Waals surface area contributed by atoms with Crippen molar-refractivity contribution in [3.63, 3.8) is 0 Å². The maximum atomic E-state index is 8.81.